The number of rotatable bonds is 2. The Labute approximate surface area is 128 Å². The third-order valence-corrected chi connectivity index (χ3v) is 3.72. The fourth-order valence-corrected chi connectivity index (χ4v) is 2.58. The van der Waals surface area contributed by atoms with Gasteiger partial charge in [-0.25, -0.2) is 0 Å². The van der Waals surface area contributed by atoms with Gasteiger partial charge in [-0.15, -0.1) is 0 Å². The standard InChI is InChI=1S/C17H28N4/c1-2-5-16(6-3-1)13-17-14-20-11-9-18-7-4-8-19-10-12-21-15-17/h1-3,5-6,9,17,19-21H,4,7-8,10-15H2. The molecule has 1 aromatic rings. The van der Waals surface area contributed by atoms with E-state index in [2.05, 4.69) is 51.3 Å². The van der Waals surface area contributed by atoms with E-state index in [9.17, 15) is 0 Å². The minimum absolute atomic E-state index is 0.615. The smallest absolute Gasteiger partial charge is 0.0398 e. The zero-order valence-electron chi connectivity index (χ0n) is 12.9. The molecule has 1 aromatic carbocycles. The molecule has 1 unspecified atom stereocenters. The largest absolute Gasteiger partial charge is 0.315 e. The molecule has 0 radical (unpaired) electrons. The average molecular weight is 288 g/mol. The van der Waals surface area contributed by atoms with Crippen LogP contribution in [0.5, 0.6) is 0 Å². The first kappa shape index (κ1) is 16.1. The van der Waals surface area contributed by atoms with Gasteiger partial charge < -0.3 is 16.0 Å². The van der Waals surface area contributed by atoms with Crippen LogP contribution >= 0.6 is 0 Å². The van der Waals surface area contributed by atoms with Crippen molar-refractivity contribution in [1.29, 1.82) is 0 Å². The summed E-state index contributed by atoms with van der Waals surface area (Å²) >= 11 is 0. The van der Waals surface area contributed by atoms with Gasteiger partial charge in [-0.3, -0.25) is 4.99 Å². The van der Waals surface area contributed by atoms with Crippen LogP contribution in [0.25, 0.3) is 0 Å². The van der Waals surface area contributed by atoms with Crippen LogP contribution in [0, 0.1) is 5.92 Å². The Bertz CT molecular complexity index is 391. The molecule has 0 fully saturated rings. The number of benzene rings is 1. The third kappa shape index (κ3) is 7.37. The second kappa shape index (κ2) is 10.5. The number of aliphatic imine (C=N–C) groups is 1. The molecule has 4 nitrogen and oxygen atoms in total. The predicted octanol–water partition coefficient (Wildman–Crippen LogP) is 1.09. The summed E-state index contributed by atoms with van der Waals surface area (Å²) in [6.45, 7) is 7.01. The van der Waals surface area contributed by atoms with Gasteiger partial charge in [-0.2, -0.15) is 0 Å². The first-order valence-corrected chi connectivity index (χ1v) is 8.09. The molecule has 0 saturated heterocycles. The monoisotopic (exact) mass is 288 g/mol. The highest BCUT2D eigenvalue weighted by molar-refractivity contribution is 5.59. The van der Waals surface area contributed by atoms with Crippen molar-refractivity contribution in [2.45, 2.75) is 12.8 Å². The Morgan fingerprint density at radius 1 is 0.952 bits per heavy atom. The van der Waals surface area contributed by atoms with E-state index in [1.54, 1.807) is 0 Å². The highest BCUT2D eigenvalue weighted by atomic mass is 15.0. The molecule has 0 aromatic heterocycles. The third-order valence-electron chi connectivity index (χ3n) is 3.72. The quantitative estimate of drug-likeness (QED) is 0.763. The summed E-state index contributed by atoms with van der Waals surface area (Å²) in [5, 5.41) is 10.5. The number of nitrogens with one attached hydrogen (secondary N) is 3. The SMILES string of the molecule is C1=NCCCNCCNCC(Cc2ccccc2)CNC1. The molecule has 1 aliphatic heterocycles. The minimum Gasteiger partial charge on any atom is -0.315 e. The summed E-state index contributed by atoms with van der Waals surface area (Å²) in [4.78, 5) is 4.42. The lowest BCUT2D eigenvalue weighted by Gasteiger charge is -2.18. The van der Waals surface area contributed by atoms with Crippen LogP contribution in [-0.4, -0.2) is 52.0 Å². The van der Waals surface area contributed by atoms with Gasteiger partial charge in [0.1, 0.15) is 0 Å². The van der Waals surface area contributed by atoms with Crippen molar-refractivity contribution in [3.63, 3.8) is 0 Å². The number of hydrogen-bond acceptors (Lipinski definition) is 4. The molecule has 3 N–H and O–H groups in total. The molecule has 1 atom stereocenters. The van der Waals surface area contributed by atoms with E-state index in [1.165, 1.54) is 5.56 Å². The van der Waals surface area contributed by atoms with Crippen LogP contribution in [0.3, 0.4) is 0 Å². The van der Waals surface area contributed by atoms with Gasteiger partial charge in [0.15, 0.2) is 0 Å². The zero-order valence-corrected chi connectivity index (χ0v) is 12.9. The molecule has 0 aliphatic carbocycles. The maximum Gasteiger partial charge on any atom is 0.0398 e. The fraction of sp³-hybridized carbons (Fsp3) is 0.588. The number of nitrogens with zero attached hydrogens (tertiary/aromatic N) is 1. The van der Waals surface area contributed by atoms with E-state index in [-0.39, 0.29) is 0 Å². The van der Waals surface area contributed by atoms with Crippen molar-refractivity contribution < 1.29 is 0 Å². The maximum absolute atomic E-state index is 4.42. The normalized spacial score (nSPS) is 22.6. The van der Waals surface area contributed by atoms with Crippen LogP contribution in [0.2, 0.25) is 0 Å². The molecule has 1 aliphatic rings. The van der Waals surface area contributed by atoms with E-state index in [4.69, 9.17) is 0 Å². The van der Waals surface area contributed by atoms with Crippen LogP contribution in [0.4, 0.5) is 0 Å². The van der Waals surface area contributed by atoms with Gasteiger partial charge in [-0.05, 0) is 44.0 Å². The van der Waals surface area contributed by atoms with Crippen LogP contribution in [0.1, 0.15) is 12.0 Å². The second-order valence-electron chi connectivity index (χ2n) is 5.61. The highest BCUT2D eigenvalue weighted by Gasteiger charge is 2.09. The van der Waals surface area contributed by atoms with E-state index < -0.39 is 0 Å². The Morgan fingerprint density at radius 2 is 1.76 bits per heavy atom. The predicted molar refractivity (Wildman–Crippen MR) is 90.2 cm³/mol. The van der Waals surface area contributed by atoms with Crippen molar-refractivity contribution in [2.75, 3.05) is 45.8 Å². The lowest BCUT2D eigenvalue weighted by molar-refractivity contribution is 0.447. The van der Waals surface area contributed by atoms with Crippen LogP contribution in [0.15, 0.2) is 35.3 Å². The summed E-state index contributed by atoms with van der Waals surface area (Å²) in [6.07, 6.45) is 4.25. The van der Waals surface area contributed by atoms with Gasteiger partial charge in [0.2, 0.25) is 0 Å². The Balaban J connectivity index is 1.82. The molecule has 0 spiro atoms. The fourth-order valence-electron chi connectivity index (χ4n) is 2.58. The first-order chi connectivity index (χ1) is 10.4. The molecular formula is C17H28N4. The van der Waals surface area contributed by atoms with Crippen molar-refractivity contribution in [3.8, 4) is 0 Å². The van der Waals surface area contributed by atoms with E-state index >= 15 is 0 Å². The summed E-state index contributed by atoms with van der Waals surface area (Å²) in [5.41, 5.74) is 1.42. The topological polar surface area (TPSA) is 48.5 Å². The molecule has 0 saturated carbocycles. The molecule has 0 amide bonds. The van der Waals surface area contributed by atoms with Gasteiger partial charge in [-0.1, -0.05) is 30.3 Å². The summed E-state index contributed by atoms with van der Waals surface area (Å²) in [7, 11) is 0. The Morgan fingerprint density at radius 3 is 2.67 bits per heavy atom. The van der Waals surface area contributed by atoms with Gasteiger partial charge in [0.05, 0.1) is 0 Å². The molecule has 2 rings (SSSR count). The molecule has 21 heavy (non-hydrogen) atoms. The number of hydrogen-bond donors (Lipinski definition) is 3. The molecule has 0 bridgehead atoms. The molecule has 116 valence electrons. The van der Waals surface area contributed by atoms with Gasteiger partial charge in [0, 0.05) is 32.4 Å². The maximum atomic E-state index is 4.42. The van der Waals surface area contributed by atoms with Gasteiger partial charge >= 0.3 is 0 Å². The zero-order chi connectivity index (χ0) is 14.6. The Kier molecular flexibility index (Phi) is 8.07. The lowest BCUT2D eigenvalue weighted by Crippen LogP contribution is -2.36. The average Bonchev–Trinajstić information content (AvgIpc) is 2.52. The highest BCUT2D eigenvalue weighted by Crippen LogP contribution is 2.07. The van der Waals surface area contributed by atoms with Crippen molar-refractivity contribution in [1.82, 2.24) is 16.0 Å². The lowest BCUT2D eigenvalue weighted by atomic mass is 9.99. The van der Waals surface area contributed by atoms with E-state index in [1.807, 2.05) is 6.21 Å². The van der Waals surface area contributed by atoms with Crippen molar-refractivity contribution in [2.24, 2.45) is 10.9 Å². The molecular weight excluding hydrogens is 260 g/mol. The molecule has 4 heteroatoms. The summed E-state index contributed by atoms with van der Waals surface area (Å²) < 4.78 is 0. The van der Waals surface area contributed by atoms with Crippen LogP contribution in [-0.2, 0) is 6.42 Å². The minimum atomic E-state index is 0.615. The van der Waals surface area contributed by atoms with E-state index in [0.717, 1.165) is 58.7 Å². The Hall–Kier alpha value is -1.23. The van der Waals surface area contributed by atoms with Crippen molar-refractivity contribution in [3.05, 3.63) is 35.9 Å². The summed E-state index contributed by atoms with van der Waals surface area (Å²) in [5.74, 6) is 0.615. The van der Waals surface area contributed by atoms with Gasteiger partial charge in [0.25, 0.3) is 0 Å². The summed E-state index contributed by atoms with van der Waals surface area (Å²) in [6, 6.07) is 10.8. The van der Waals surface area contributed by atoms with E-state index in [0.29, 0.717) is 5.92 Å². The second-order valence-corrected chi connectivity index (χ2v) is 5.61. The van der Waals surface area contributed by atoms with Crippen LogP contribution < -0.4 is 16.0 Å². The molecule has 1 heterocycles. The van der Waals surface area contributed by atoms with Crippen molar-refractivity contribution >= 4 is 6.21 Å². The first-order valence-electron chi connectivity index (χ1n) is 8.09.